The van der Waals surface area contributed by atoms with E-state index in [1.807, 2.05) is 36.0 Å². The Hall–Kier alpha value is -6.51. The maximum absolute atomic E-state index is 11.3. The average molecular weight is 904 g/mol. The minimum absolute atomic E-state index is 0.286. The van der Waals surface area contributed by atoms with Crippen molar-refractivity contribution < 1.29 is 19.8 Å². The third-order valence-electron chi connectivity index (χ3n) is 9.29. The maximum atomic E-state index is 11.3. The van der Waals surface area contributed by atoms with Crippen LogP contribution in [0.1, 0.15) is 50.4 Å². The van der Waals surface area contributed by atoms with Crippen LogP contribution in [-0.4, -0.2) is 27.9 Å². The molecule has 0 radical (unpaired) electrons. The highest BCUT2D eigenvalue weighted by atomic mass is 32.2. The number of rotatable bonds is 17. The quantitative estimate of drug-likeness (QED) is 0.0308. The number of nitriles is 1. The highest BCUT2D eigenvalue weighted by molar-refractivity contribution is 7.99. The molecule has 0 amide bonds. The van der Waals surface area contributed by atoms with Gasteiger partial charge < -0.3 is 15.1 Å². The topological polar surface area (TPSA) is 106 Å². The van der Waals surface area contributed by atoms with Gasteiger partial charge in [-0.3, -0.25) is 4.79 Å². The molecule has 7 rings (SSSR count). The lowest BCUT2D eigenvalue weighted by molar-refractivity contribution is -0.133. The van der Waals surface area contributed by atoms with Gasteiger partial charge in [-0.25, -0.2) is 9.64 Å². The fourth-order valence-electron chi connectivity index (χ4n) is 6.13. The summed E-state index contributed by atoms with van der Waals surface area (Å²) in [4.78, 5) is 37.0. The number of carbonyl (C=O) groups is 2. The van der Waals surface area contributed by atoms with Gasteiger partial charge in [0.2, 0.25) is 0 Å². The molecule has 0 saturated carbocycles. The van der Waals surface area contributed by atoms with E-state index in [2.05, 4.69) is 138 Å². The second kappa shape index (κ2) is 20.8. The number of hydrogen-bond donors (Lipinski definition) is 2. The van der Waals surface area contributed by atoms with Crippen LogP contribution in [0.3, 0.4) is 0 Å². The fourth-order valence-corrected chi connectivity index (χ4v) is 11.0. The summed E-state index contributed by atoms with van der Waals surface area (Å²) < 4.78 is 0. The molecule has 0 aliphatic carbocycles. The molecule has 3 aromatic carbocycles. The Labute approximate surface area is 380 Å². The minimum atomic E-state index is -1.23. The molecule has 0 bridgehead atoms. The molecule has 0 spiro atoms. The average Bonchev–Trinajstić information content (AvgIpc) is 4.13. The van der Waals surface area contributed by atoms with Crippen molar-refractivity contribution in [1.82, 2.24) is 0 Å². The molecule has 0 saturated heterocycles. The molecule has 7 aromatic rings. The lowest BCUT2D eigenvalue weighted by Crippen LogP contribution is -2.09. The zero-order valence-corrected chi connectivity index (χ0v) is 37.3. The Morgan fingerprint density at radius 1 is 0.629 bits per heavy atom. The van der Waals surface area contributed by atoms with E-state index in [4.69, 9.17) is 11.8 Å². The first-order valence-corrected chi connectivity index (χ1v) is 23.6. The summed E-state index contributed by atoms with van der Waals surface area (Å²) in [5.74, 6) is -1.36. The number of carboxylic acids is 2. The van der Waals surface area contributed by atoms with Gasteiger partial charge in [-0.05, 0) is 145 Å². The molecule has 12 heteroatoms. The van der Waals surface area contributed by atoms with E-state index in [0.29, 0.717) is 0 Å². The number of benzene rings is 3. The van der Waals surface area contributed by atoms with Crippen LogP contribution < -0.4 is 4.90 Å². The molecule has 306 valence electrons. The van der Waals surface area contributed by atoms with Crippen LogP contribution in [0.15, 0.2) is 137 Å². The maximum Gasteiger partial charge on any atom is 0.346 e. The number of nitrogens with zero attached hydrogens (tertiary/aromatic N) is 3. The van der Waals surface area contributed by atoms with Crippen LogP contribution in [0.2, 0.25) is 0 Å². The first kappa shape index (κ1) is 43.6. The van der Waals surface area contributed by atoms with Crippen molar-refractivity contribution in [3.63, 3.8) is 0 Å². The SMILES string of the molecule is [C-]#[N+]C(=Cc1ccc(-c2ccc(C=Cc3ccc(N(c4ccc(C=Cc5ccc(-c6ccc(C=C(C#N)C(=O)O)s6)s5)cc4)c4ccc(SCCCC)cc4)cc3)s2)s1)C(=O)O. The zero-order chi connectivity index (χ0) is 43.4. The molecule has 0 aliphatic rings. The van der Waals surface area contributed by atoms with Gasteiger partial charge in [0.25, 0.3) is 5.70 Å². The molecule has 0 aliphatic heterocycles. The molecule has 4 heterocycles. The molecule has 0 unspecified atom stereocenters. The first-order chi connectivity index (χ1) is 30.2. The van der Waals surface area contributed by atoms with E-state index in [9.17, 15) is 19.8 Å². The Balaban J connectivity index is 1.07. The zero-order valence-electron chi connectivity index (χ0n) is 33.2. The smallest absolute Gasteiger partial charge is 0.346 e. The molecular weight excluding hydrogens is 867 g/mol. The summed E-state index contributed by atoms with van der Waals surface area (Å²) in [5, 5.41) is 27.5. The van der Waals surface area contributed by atoms with Crippen LogP contribution in [-0.2, 0) is 9.59 Å². The Morgan fingerprint density at radius 2 is 1.06 bits per heavy atom. The van der Waals surface area contributed by atoms with Crippen LogP contribution in [0.4, 0.5) is 17.1 Å². The Kier molecular flexibility index (Phi) is 14.6. The summed E-state index contributed by atoms with van der Waals surface area (Å²) >= 11 is 8.10. The highest BCUT2D eigenvalue weighted by Gasteiger charge is 2.14. The van der Waals surface area contributed by atoms with Gasteiger partial charge in [-0.15, -0.1) is 57.1 Å². The molecule has 0 fully saturated rings. The lowest BCUT2D eigenvalue weighted by atomic mass is 10.1. The summed E-state index contributed by atoms with van der Waals surface area (Å²) in [6.45, 7) is 9.32. The monoisotopic (exact) mass is 903 g/mol. The van der Waals surface area contributed by atoms with Gasteiger partial charge in [0.1, 0.15) is 11.6 Å². The van der Waals surface area contributed by atoms with Crippen LogP contribution in [0.25, 0.3) is 60.8 Å². The van der Waals surface area contributed by atoms with E-state index in [1.165, 1.54) is 52.6 Å². The summed E-state index contributed by atoms with van der Waals surface area (Å²) in [5.41, 5.74) is 4.67. The Morgan fingerprint density at radius 3 is 1.48 bits per heavy atom. The molecular formula is C50H37N3O4S5. The third-order valence-corrected chi connectivity index (χ3v) is 14.9. The van der Waals surface area contributed by atoms with Crippen molar-refractivity contribution in [2.24, 2.45) is 0 Å². The van der Waals surface area contributed by atoms with Gasteiger partial charge in [0.05, 0.1) is 6.57 Å². The van der Waals surface area contributed by atoms with Crippen LogP contribution in [0.5, 0.6) is 0 Å². The number of anilines is 3. The highest BCUT2D eigenvalue weighted by Crippen LogP contribution is 2.39. The van der Waals surface area contributed by atoms with Crippen molar-refractivity contribution in [3.05, 3.63) is 175 Å². The van der Waals surface area contributed by atoms with Crippen molar-refractivity contribution in [2.45, 2.75) is 24.7 Å². The number of thioether (sulfide) groups is 1. The normalized spacial score (nSPS) is 11.9. The van der Waals surface area contributed by atoms with Gasteiger partial charge in [-0.1, -0.05) is 49.8 Å². The summed E-state index contributed by atoms with van der Waals surface area (Å²) in [7, 11) is 0. The van der Waals surface area contributed by atoms with Crippen LogP contribution in [0, 0.1) is 17.9 Å². The number of hydrogen-bond acceptors (Lipinski definition) is 9. The Bertz CT molecular complexity index is 2720. The van der Waals surface area contributed by atoms with E-state index in [1.54, 1.807) is 28.7 Å². The standard InChI is InChI=1S/C50H37N3O4S5/c1-3-4-29-58-39-19-15-38(16-20-39)53(36-11-5-33(6-12-36)9-17-40-21-25-45(59-40)47-27-23-42(61-47)30-35(32-51)49(54)55)37-13-7-34(8-14-37)10-18-41-22-26-46(60-41)48-28-24-43(62-48)31-44(52-2)50(56)57/h5-28,30-31H,3-4,29H2,1H3,(H,54,55)(H,56,57). The van der Waals surface area contributed by atoms with Gasteiger partial charge >= 0.3 is 11.9 Å². The van der Waals surface area contributed by atoms with E-state index in [0.717, 1.165) is 73.0 Å². The van der Waals surface area contributed by atoms with E-state index >= 15 is 0 Å². The molecule has 7 nitrogen and oxygen atoms in total. The van der Waals surface area contributed by atoms with Crippen molar-refractivity contribution in [3.8, 4) is 25.6 Å². The van der Waals surface area contributed by atoms with Gasteiger partial charge in [0.15, 0.2) is 0 Å². The largest absolute Gasteiger partial charge is 0.486 e. The third kappa shape index (κ3) is 11.2. The van der Waals surface area contributed by atoms with Crippen LogP contribution >= 0.6 is 57.1 Å². The first-order valence-electron chi connectivity index (χ1n) is 19.4. The molecule has 62 heavy (non-hydrogen) atoms. The minimum Gasteiger partial charge on any atom is -0.486 e. The molecule has 0 atom stereocenters. The predicted molar refractivity (Wildman–Crippen MR) is 263 cm³/mol. The lowest BCUT2D eigenvalue weighted by Gasteiger charge is -2.26. The van der Waals surface area contributed by atoms with E-state index in [-0.39, 0.29) is 11.3 Å². The van der Waals surface area contributed by atoms with Crippen molar-refractivity contribution >= 4 is 123 Å². The summed E-state index contributed by atoms with van der Waals surface area (Å²) in [6, 6.07) is 43.4. The van der Waals surface area contributed by atoms with Gasteiger partial charge in [0, 0.05) is 61.0 Å². The summed E-state index contributed by atoms with van der Waals surface area (Å²) in [6.07, 6.45) is 13.6. The number of unbranched alkanes of at least 4 members (excludes halogenated alkanes) is 1. The predicted octanol–water partition coefficient (Wildman–Crippen LogP) is 15.3. The number of aliphatic carboxylic acids is 2. The molecule has 2 N–H and O–H groups in total. The molecule has 4 aromatic heterocycles. The number of carboxylic acid groups (broad SMARTS) is 2. The second-order valence-electron chi connectivity index (χ2n) is 13.6. The second-order valence-corrected chi connectivity index (χ2v) is 19.2. The number of thiophene rings is 4. The van der Waals surface area contributed by atoms with Gasteiger partial charge in [-0.2, -0.15) is 5.26 Å². The fraction of sp³-hybridized carbons (Fsp3) is 0.0800. The van der Waals surface area contributed by atoms with E-state index < -0.39 is 11.9 Å². The van der Waals surface area contributed by atoms with Crippen molar-refractivity contribution in [2.75, 3.05) is 10.7 Å². The van der Waals surface area contributed by atoms with Crippen molar-refractivity contribution in [1.29, 1.82) is 5.26 Å².